The molecule has 0 unspecified atom stereocenters. The van der Waals surface area contributed by atoms with E-state index in [4.69, 9.17) is 0 Å². The summed E-state index contributed by atoms with van der Waals surface area (Å²) in [6.07, 6.45) is 0. The number of allylic oxidation sites excluding steroid dienone is 1. The topological polar surface area (TPSA) is 38.3 Å². The Morgan fingerprint density at radius 1 is 1.33 bits per heavy atom. The van der Waals surface area contributed by atoms with Gasteiger partial charge in [-0.05, 0) is 36.4 Å². The van der Waals surface area contributed by atoms with Crippen LogP contribution in [0, 0.1) is 0 Å². The number of carbonyl (C=O) groups excluding carboxylic acids is 1. The summed E-state index contributed by atoms with van der Waals surface area (Å²) in [7, 11) is 1.04. The molecule has 21 heavy (non-hydrogen) atoms. The van der Waals surface area contributed by atoms with Crippen molar-refractivity contribution in [2.75, 3.05) is 7.11 Å². The summed E-state index contributed by atoms with van der Waals surface area (Å²) >= 11 is 2.81. The molecule has 1 aromatic carbocycles. The van der Waals surface area contributed by atoms with Crippen molar-refractivity contribution in [2.45, 2.75) is 19.0 Å². The van der Waals surface area contributed by atoms with Gasteiger partial charge >= 0.3 is 11.5 Å². The van der Waals surface area contributed by atoms with Crippen LogP contribution in [-0.4, -0.2) is 18.6 Å². The Morgan fingerprint density at radius 3 is 2.38 bits per heavy atom. The lowest BCUT2D eigenvalue weighted by atomic mass is 10.2. The fraction of sp³-hybridized carbons (Fsp3) is 0.308. The molecule has 8 heteroatoms. The van der Waals surface area contributed by atoms with Gasteiger partial charge in [-0.1, -0.05) is 28.1 Å². The van der Waals surface area contributed by atoms with Gasteiger partial charge in [0.25, 0.3) is 0 Å². The van der Waals surface area contributed by atoms with Gasteiger partial charge in [0.05, 0.1) is 7.11 Å². The minimum Gasteiger partial charge on any atom is -0.465 e. The van der Waals surface area contributed by atoms with Gasteiger partial charge in [-0.3, -0.25) is 0 Å². The number of hydrogen-bond donors (Lipinski definition) is 1. The van der Waals surface area contributed by atoms with Gasteiger partial charge < -0.3 is 10.1 Å². The third kappa shape index (κ3) is 6.43. The first kappa shape index (κ1) is 17.9. The number of rotatable bonds is 5. The maximum atomic E-state index is 12.5. The summed E-state index contributed by atoms with van der Waals surface area (Å²) in [5.74, 6) is -1.02. The van der Waals surface area contributed by atoms with Crippen LogP contribution in [0.5, 0.6) is 0 Å². The highest BCUT2D eigenvalue weighted by molar-refractivity contribution is 9.10. The van der Waals surface area contributed by atoms with E-state index in [1.54, 1.807) is 0 Å². The predicted octanol–water partition coefficient (Wildman–Crippen LogP) is 4.20. The molecule has 0 aromatic heterocycles. The van der Waals surface area contributed by atoms with Crippen molar-refractivity contribution in [1.82, 2.24) is 5.32 Å². The van der Waals surface area contributed by atoms with Crippen molar-refractivity contribution in [3.05, 3.63) is 44.9 Å². The number of nitrogens with one attached hydrogen (secondary N) is 1. The highest BCUT2D eigenvalue weighted by Gasteiger charge is 2.34. The normalized spacial score (nSPS) is 12.7. The van der Waals surface area contributed by atoms with Crippen molar-refractivity contribution in [2.24, 2.45) is 0 Å². The standard InChI is InChI=1S/C13H13BrF3NO2S/c1-8(11(12(19)20-2)21-13(15,16)17)18-7-9-3-5-10(14)6-4-9/h3-6,18H,7H2,1-2H3/b11-8-. The van der Waals surface area contributed by atoms with Gasteiger partial charge in [0, 0.05) is 16.7 Å². The zero-order valence-electron chi connectivity index (χ0n) is 11.3. The van der Waals surface area contributed by atoms with Crippen LogP contribution < -0.4 is 5.32 Å². The summed E-state index contributed by atoms with van der Waals surface area (Å²) in [6.45, 7) is 1.71. The van der Waals surface area contributed by atoms with Gasteiger partial charge in [-0.2, -0.15) is 13.2 Å². The third-order valence-electron chi connectivity index (χ3n) is 2.40. The highest BCUT2D eigenvalue weighted by Crippen LogP contribution is 2.37. The van der Waals surface area contributed by atoms with Crippen molar-refractivity contribution in [1.29, 1.82) is 0 Å². The molecular weight excluding hydrogens is 371 g/mol. The van der Waals surface area contributed by atoms with E-state index in [1.165, 1.54) is 6.92 Å². The lowest BCUT2D eigenvalue weighted by Crippen LogP contribution is -2.18. The number of hydrogen-bond acceptors (Lipinski definition) is 4. The molecule has 116 valence electrons. The van der Waals surface area contributed by atoms with Gasteiger partial charge in [0.1, 0.15) is 4.91 Å². The fourth-order valence-corrected chi connectivity index (χ4v) is 2.28. The quantitative estimate of drug-likeness (QED) is 0.610. The molecule has 3 nitrogen and oxygen atoms in total. The molecule has 1 rings (SSSR count). The number of thioether (sulfide) groups is 1. The number of halogens is 4. The van der Waals surface area contributed by atoms with Crippen LogP contribution in [0.2, 0.25) is 0 Å². The molecule has 0 saturated heterocycles. The molecule has 0 fully saturated rings. The first-order valence-electron chi connectivity index (χ1n) is 5.76. The van der Waals surface area contributed by atoms with E-state index < -0.39 is 28.1 Å². The van der Waals surface area contributed by atoms with E-state index in [9.17, 15) is 18.0 Å². The van der Waals surface area contributed by atoms with Crippen LogP contribution in [0.4, 0.5) is 13.2 Å². The Balaban J connectivity index is 2.83. The van der Waals surface area contributed by atoms with E-state index in [2.05, 4.69) is 26.0 Å². The molecule has 1 aromatic rings. The molecule has 0 bridgehead atoms. The smallest absolute Gasteiger partial charge is 0.446 e. The maximum Gasteiger partial charge on any atom is 0.446 e. The van der Waals surface area contributed by atoms with Crippen LogP contribution >= 0.6 is 27.7 Å². The molecule has 0 saturated carbocycles. The number of esters is 1. The Morgan fingerprint density at radius 2 is 1.90 bits per heavy atom. The van der Waals surface area contributed by atoms with Crippen LogP contribution in [0.1, 0.15) is 12.5 Å². The summed E-state index contributed by atoms with van der Waals surface area (Å²) in [5, 5.41) is 2.80. The molecule has 0 amide bonds. The molecule has 0 aliphatic carbocycles. The number of methoxy groups -OCH3 is 1. The number of carbonyl (C=O) groups is 1. The SMILES string of the molecule is COC(=O)/C(SC(F)(F)F)=C(\C)NCc1ccc(Br)cc1. The molecule has 0 radical (unpaired) electrons. The maximum absolute atomic E-state index is 12.5. The van der Waals surface area contributed by atoms with Crippen LogP contribution in [-0.2, 0) is 16.1 Å². The highest BCUT2D eigenvalue weighted by atomic mass is 79.9. The third-order valence-corrected chi connectivity index (χ3v) is 3.84. The second-order valence-corrected chi connectivity index (χ2v) is 5.96. The van der Waals surface area contributed by atoms with Gasteiger partial charge in [-0.25, -0.2) is 4.79 Å². The van der Waals surface area contributed by atoms with E-state index in [1.807, 2.05) is 24.3 Å². The first-order valence-corrected chi connectivity index (χ1v) is 7.37. The lowest BCUT2D eigenvalue weighted by Gasteiger charge is -2.13. The van der Waals surface area contributed by atoms with Crippen LogP contribution in [0.15, 0.2) is 39.3 Å². The molecule has 0 heterocycles. The largest absolute Gasteiger partial charge is 0.465 e. The van der Waals surface area contributed by atoms with Crippen molar-refractivity contribution in [3.63, 3.8) is 0 Å². The van der Waals surface area contributed by atoms with E-state index in [0.717, 1.165) is 17.1 Å². The van der Waals surface area contributed by atoms with Crippen molar-refractivity contribution >= 4 is 33.7 Å². The lowest BCUT2D eigenvalue weighted by molar-refractivity contribution is -0.135. The number of benzene rings is 1. The molecule has 0 spiro atoms. The number of ether oxygens (including phenoxy) is 1. The van der Waals surface area contributed by atoms with Gasteiger partial charge in [0.2, 0.25) is 0 Å². The molecule has 0 aliphatic rings. The Bertz CT molecular complexity index is 529. The van der Waals surface area contributed by atoms with E-state index in [0.29, 0.717) is 6.54 Å². The summed E-state index contributed by atoms with van der Waals surface area (Å²) in [4.78, 5) is 10.9. The Hall–Kier alpha value is -1.15. The van der Waals surface area contributed by atoms with Crippen LogP contribution in [0.25, 0.3) is 0 Å². The fourth-order valence-electron chi connectivity index (χ4n) is 1.40. The van der Waals surface area contributed by atoms with E-state index in [-0.39, 0.29) is 5.70 Å². The summed E-state index contributed by atoms with van der Waals surface area (Å²) in [6, 6.07) is 7.28. The molecule has 1 N–H and O–H groups in total. The average molecular weight is 384 g/mol. The monoisotopic (exact) mass is 383 g/mol. The molecule has 0 atom stereocenters. The predicted molar refractivity (Wildman–Crippen MR) is 79.3 cm³/mol. The minimum absolute atomic E-state index is 0.118. The summed E-state index contributed by atoms with van der Waals surface area (Å²) < 4.78 is 42.7. The molecule has 0 aliphatic heterocycles. The second kappa shape index (κ2) is 7.74. The second-order valence-electron chi connectivity index (χ2n) is 3.97. The van der Waals surface area contributed by atoms with Crippen molar-refractivity contribution < 1.29 is 22.7 Å². The first-order chi connectivity index (χ1) is 9.73. The van der Waals surface area contributed by atoms with E-state index >= 15 is 0 Å². The van der Waals surface area contributed by atoms with Gasteiger partial charge in [-0.15, -0.1) is 0 Å². The zero-order chi connectivity index (χ0) is 16.0. The zero-order valence-corrected chi connectivity index (χ0v) is 13.7. The number of alkyl halides is 3. The minimum atomic E-state index is -4.55. The Labute approximate surface area is 133 Å². The Kier molecular flexibility index (Phi) is 6.60. The van der Waals surface area contributed by atoms with Gasteiger partial charge in [0.15, 0.2) is 0 Å². The van der Waals surface area contributed by atoms with Crippen LogP contribution in [0.3, 0.4) is 0 Å². The average Bonchev–Trinajstić information content (AvgIpc) is 2.42. The summed E-state index contributed by atoms with van der Waals surface area (Å²) in [5.41, 5.74) is -3.56. The van der Waals surface area contributed by atoms with Crippen molar-refractivity contribution in [3.8, 4) is 0 Å². The molecular formula is C13H13BrF3NO2S.